The Kier molecular flexibility index (Phi) is 12.3. The van der Waals surface area contributed by atoms with Gasteiger partial charge in [0.15, 0.2) is 0 Å². The number of rotatable bonds is 14. The highest BCUT2D eigenvalue weighted by molar-refractivity contribution is 6.60. The molecule has 0 fully saturated rings. The van der Waals surface area contributed by atoms with Crippen molar-refractivity contribution < 1.29 is 32.3 Å². The van der Waals surface area contributed by atoms with E-state index in [9.17, 15) is 4.79 Å². The minimum atomic E-state index is -2.49. The van der Waals surface area contributed by atoms with Crippen molar-refractivity contribution in [2.45, 2.75) is 19.4 Å². The summed E-state index contributed by atoms with van der Waals surface area (Å²) in [5.41, 5.74) is 0.381. The fraction of sp³-hybridized carbons (Fsp3) is 0.786. The van der Waals surface area contributed by atoms with Crippen molar-refractivity contribution in [3.8, 4) is 0 Å². The Hall–Kier alpha value is -0.773. The lowest BCUT2D eigenvalue weighted by Gasteiger charge is -2.24. The Morgan fingerprint density at radius 2 is 1.41 bits per heavy atom. The smallest absolute Gasteiger partial charge is 0.460 e. The zero-order valence-electron chi connectivity index (χ0n) is 14.0. The SMILES string of the molecule is C=C(C)C(=O)OCCOCCOCCC[Si](OC)(OC)OC. The minimum absolute atomic E-state index is 0.218. The van der Waals surface area contributed by atoms with Gasteiger partial charge in [0.05, 0.1) is 19.8 Å². The van der Waals surface area contributed by atoms with Gasteiger partial charge in [0.2, 0.25) is 0 Å². The minimum Gasteiger partial charge on any atom is -0.460 e. The lowest BCUT2D eigenvalue weighted by molar-refractivity contribution is -0.140. The summed E-state index contributed by atoms with van der Waals surface area (Å²) in [4.78, 5) is 11.1. The molecule has 0 atom stereocenters. The van der Waals surface area contributed by atoms with E-state index in [1.165, 1.54) is 0 Å². The normalized spacial score (nSPS) is 11.5. The van der Waals surface area contributed by atoms with Gasteiger partial charge in [-0.05, 0) is 13.3 Å². The third-order valence-corrected chi connectivity index (χ3v) is 5.72. The number of hydrogen-bond donors (Lipinski definition) is 0. The molecule has 22 heavy (non-hydrogen) atoms. The summed E-state index contributed by atoms with van der Waals surface area (Å²) in [6.45, 7) is 7.17. The summed E-state index contributed by atoms with van der Waals surface area (Å²) >= 11 is 0. The van der Waals surface area contributed by atoms with E-state index in [-0.39, 0.29) is 6.61 Å². The van der Waals surface area contributed by atoms with Crippen LogP contribution in [0.4, 0.5) is 0 Å². The third kappa shape index (κ3) is 9.29. The van der Waals surface area contributed by atoms with Gasteiger partial charge in [-0.3, -0.25) is 0 Å². The summed E-state index contributed by atoms with van der Waals surface area (Å²) in [5, 5.41) is 0. The molecule has 0 aliphatic heterocycles. The zero-order chi connectivity index (χ0) is 16.8. The largest absolute Gasteiger partial charge is 0.500 e. The number of carbonyl (C=O) groups is 1. The number of ether oxygens (including phenoxy) is 3. The van der Waals surface area contributed by atoms with Crippen molar-refractivity contribution in [2.24, 2.45) is 0 Å². The maximum Gasteiger partial charge on any atom is 0.500 e. The highest BCUT2D eigenvalue weighted by Gasteiger charge is 2.36. The van der Waals surface area contributed by atoms with Crippen LogP contribution in [0.5, 0.6) is 0 Å². The first-order valence-electron chi connectivity index (χ1n) is 7.15. The number of carbonyl (C=O) groups excluding carboxylic acids is 1. The molecule has 0 unspecified atom stereocenters. The van der Waals surface area contributed by atoms with Gasteiger partial charge < -0.3 is 27.5 Å². The van der Waals surface area contributed by atoms with Crippen LogP contribution in [0.1, 0.15) is 13.3 Å². The van der Waals surface area contributed by atoms with Crippen LogP contribution in [0, 0.1) is 0 Å². The van der Waals surface area contributed by atoms with Gasteiger partial charge in [-0.2, -0.15) is 0 Å². The Morgan fingerprint density at radius 3 is 1.91 bits per heavy atom. The highest BCUT2D eigenvalue weighted by Crippen LogP contribution is 2.14. The quantitative estimate of drug-likeness (QED) is 0.205. The fourth-order valence-electron chi connectivity index (χ4n) is 1.59. The molecule has 0 radical (unpaired) electrons. The van der Waals surface area contributed by atoms with Gasteiger partial charge in [0, 0.05) is 39.6 Å². The van der Waals surface area contributed by atoms with Gasteiger partial charge in [-0.1, -0.05) is 6.58 Å². The monoisotopic (exact) mass is 336 g/mol. The van der Waals surface area contributed by atoms with E-state index in [1.807, 2.05) is 0 Å². The summed E-state index contributed by atoms with van der Waals surface area (Å²) in [6.07, 6.45) is 0.790. The van der Waals surface area contributed by atoms with E-state index < -0.39 is 14.8 Å². The Morgan fingerprint density at radius 1 is 0.909 bits per heavy atom. The molecule has 0 saturated heterocycles. The zero-order valence-corrected chi connectivity index (χ0v) is 15.0. The number of hydrogen-bond acceptors (Lipinski definition) is 7. The maximum absolute atomic E-state index is 11.1. The average molecular weight is 336 g/mol. The lowest BCUT2D eigenvalue weighted by Crippen LogP contribution is -2.42. The first-order chi connectivity index (χ1) is 10.5. The van der Waals surface area contributed by atoms with Gasteiger partial charge >= 0.3 is 14.8 Å². The second-order valence-corrected chi connectivity index (χ2v) is 7.63. The fourth-order valence-corrected chi connectivity index (χ4v) is 3.28. The Bertz CT molecular complexity index is 310. The molecule has 0 spiro atoms. The van der Waals surface area contributed by atoms with Crippen molar-refractivity contribution in [1.82, 2.24) is 0 Å². The summed E-state index contributed by atoms with van der Waals surface area (Å²) in [7, 11) is 2.29. The van der Waals surface area contributed by atoms with Crippen molar-refractivity contribution in [3.63, 3.8) is 0 Å². The van der Waals surface area contributed by atoms with Crippen LogP contribution in [0.15, 0.2) is 12.2 Å². The van der Waals surface area contributed by atoms with Gasteiger partial charge in [-0.15, -0.1) is 0 Å². The van der Waals surface area contributed by atoms with E-state index in [4.69, 9.17) is 27.5 Å². The maximum atomic E-state index is 11.1. The standard InChI is InChI=1S/C14H28O7Si/c1-13(2)14(15)21-11-10-20-9-8-19-7-6-12-22(16-3,17-4)18-5/h1,6-12H2,2-5H3. The van der Waals surface area contributed by atoms with Crippen LogP contribution < -0.4 is 0 Å². The van der Waals surface area contributed by atoms with E-state index in [0.717, 1.165) is 6.42 Å². The molecule has 0 aromatic carbocycles. The van der Waals surface area contributed by atoms with Crippen molar-refractivity contribution in [1.29, 1.82) is 0 Å². The molecule has 7 nitrogen and oxygen atoms in total. The summed E-state index contributed by atoms with van der Waals surface area (Å²) in [5.74, 6) is -0.401. The van der Waals surface area contributed by atoms with E-state index >= 15 is 0 Å². The van der Waals surface area contributed by atoms with Gasteiger partial charge in [0.1, 0.15) is 6.61 Å². The third-order valence-electron chi connectivity index (χ3n) is 2.89. The molecule has 0 bridgehead atoms. The van der Waals surface area contributed by atoms with Crippen molar-refractivity contribution in [2.75, 3.05) is 54.4 Å². The van der Waals surface area contributed by atoms with E-state index in [1.54, 1.807) is 28.3 Å². The predicted molar refractivity (Wildman–Crippen MR) is 83.6 cm³/mol. The molecule has 130 valence electrons. The molecule has 0 aromatic rings. The number of esters is 1. The van der Waals surface area contributed by atoms with E-state index in [2.05, 4.69) is 6.58 Å². The molecular formula is C14H28O7Si. The molecule has 0 heterocycles. The Balaban J connectivity index is 3.44. The molecule has 0 aromatic heterocycles. The lowest BCUT2D eigenvalue weighted by atomic mass is 10.4. The molecule has 0 rings (SSSR count). The summed E-state index contributed by atoms with van der Waals surface area (Å²) in [6, 6.07) is 0.703. The van der Waals surface area contributed by atoms with Crippen LogP contribution in [0.2, 0.25) is 6.04 Å². The topological polar surface area (TPSA) is 72.5 Å². The molecule has 0 aliphatic carbocycles. The molecule has 0 N–H and O–H groups in total. The second-order valence-electron chi connectivity index (χ2n) is 4.54. The van der Waals surface area contributed by atoms with Crippen LogP contribution in [0.25, 0.3) is 0 Å². The van der Waals surface area contributed by atoms with Gasteiger partial charge in [0.25, 0.3) is 0 Å². The van der Waals surface area contributed by atoms with Crippen LogP contribution in [-0.4, -0.2) is 69.1 Å². The summed E-state index contributed by atoms with van der Waals surface area (Å²) < 4.78 is 31.5. The van der Waals surface area contributed by atoms with Crippen molar-refractivity contribution in [3.05, 3.63) is 12.2 Å². The predicted octanol–water partition coefficient (Wildman–Crippen LogP) is 1.41. The molecule has 0 aliphatic rings. The average Bonchev–Trinajstić information content (AvgIpc) is 2.53. The molecule has 0 amide bonds. The van der Waals surface area contributed by atoms with Gasteiger partial charge in [-0.25, -0.2) is 4.79 Å². The first-order valence-corrected chi connectivity index (χ1v) is 9.08. The molecule has 8 heteroatoms. The molecular weight excluding hydrogens is 308 g/mol. The molecule has 0 saturated carbocycles. The second kappa shape index (κ2) is 12.7. The van der Waals surface area contributed by atoms with Crippen LogP contribution in [0.3, 0.4) is 0 Å². The van der Waals surface area contributed by atoms with Crippen LogP contribution >= 0.6 is 0 Å². The van der Waals surface area contributed by atoms with Crippen molar-refractivity contribution >= 4 is 14.8 Å². The van der Waals surface area contributed by atoms with Crippen LogP contribution in [-0.2, 0) is 32.3 Å². The first kappa shape index (κ1) is 21.2. The van der Waals surface area contributed by atoms with E-state index in [0.29, 0.717) is 38.0 Å². The highest BCUT2D eigenvalue weighted by atomic mass is 28.4. The Labute approximate surface area is 133 Å².